The topological polar surface area (TPSA) is 46.2 Å². The van der Waals surface area contributed by atoms with Crippen molar-refractivity contribution in [3.05, 3.63) is 35.9 Å². The molecule has 0 spiro atoms. The van der Waals surface area contributed by atoms with E-state index in [1.165, 1.54) is 0 Å². The molecule has 1 unspecified atom stereocenters. The van der Waals surface area contributed by atoms with E-state index < -0.39 is 10.0 Å². The second-order valence-corrected chi connectivity index (χ2v) is 5.97. The lowest BCUT2D eigenvalue weighted by Gasteiger charge is -2.10. The highest BCUT2D eigenvalue weighted by Crippen LogP contribution is 2.05. The number of halogens is 1. The van der Waals surface area contributed by atoms with Crippen LogP contribution < -0.4 is 4.72 Å². The molecule has 5 heteroatoms. The van der Waals surface area contributed by atoms with Crippen molar-refractivity contribution in [1.82, 2.24) is 4.72 Å². The molecule has 0 aliphatic carbocycles. The molecule has 0 fully saturated rings. The maximum absolute atomic E-state index is 11.7. The summed E-state index contributed by atoms with van der Waals surface area (Å²) in [6.45, 7) is 2.29. The van der Waals surface area contributed by atoms with E-state index in [1.54, 1.807) is 12.1 Å². The lowest BCUT2D eigenvalue weighted by Crippen LogP contribution is -2.30. The van der Waals surface area contributed by atoms with Gasteiger partial charge in [0.2, 0.25) is 10.0 Å². The van der Waals surface area contributed by atoms with Crippen LogP contribution >= 0.6 is 11.6 Å². The standard InChI is InChI=1S/C11H16ClNO2S/c1-10(7-12)8-13-16(14,15)9-11-5-3-2-4-6-11/h2-6,10,13H,7-9H2,1H3. The predicted molar refractivity (Wildman–Crippen MR) is 67.0 cm³/mol. The van der Waals surface area contributed by atoms with E-state index in [2.05, 4.69) is 4.72 Å². The van der Waals surface area contributed by atoms with Gasteiger partial charge in [-0.05, 0) is 11.5 Å². The van der Waals surface area contributed by atoms with Crippen LogP contribution in [-0.4, -0.2) is 20.8 Å². The summed E-state index contributed by atoms with van der Waals surface area (Å²) in [6, 6.07) is 9.10. The second-order valence-electron chi connectivity index (χ2n) is 3.85. The van der Waals surface area contributed by atoms with Crippen molar-refractivity contribution in [2.24, 2.45) is 5.92 Å². The Morgan fingerprint density at radius 3 is 2.50 bits per heavy atom. The Morgan fingerprint density at radius 2 is 1.94 bits per heavy atom. The van der Waals surface area contributed by atoms with Crippen molar-refractivity contribution in [2.75, 3.05) is 12.4 Å². The molecule has 0 bridgehead atoms. The molecular weight excluding hydrogens is 246 g/mol. The summed E-state index contributed by atoms with van der Waals surface area (Å²) in [7, 11) is -3.25. The van der Waals surface area contributed by atoms with Crippen molar-refractivity contribution in [1.29, 1.82) is 0 Å². The summed E-state index contributed by atoms with van der Waals surface area (Å²) >= 11 is 5.61. The van der Waals surface area contributed by atoms with E-state index in [0.29, 0.717) is 12.4 Å². The minimum atomic E-state index is -3.25. The van der Waals surface area contributed by atoms with E-state index in [9.17, 15) is 8.42 Å². The molecule has 1 rings (SSSR count). The Labute approximate surface area is 102 Å². The minimum Gasteiger partial charge on any atom is -0.215 e. The highest BCUT2D eigenvalue weighted by Gasteiger charge is 2.12. The summed E-state index contributed by atoms with van der Waals surface area (Å²) in [6.07, 6.45) is 0. The summed E-state index contributed by atoms with van der Waals surface area (Å²) in [5.74, 6) is 0.615. The number of nitrogens with one attached hydrogen (secondary N) is 1. The van der Waals surface area contributed by atoms with Crippen LogP contribution in [0.2, 0.25) is 0 Å². The van der Waals surface area contributed by atoms with Gasteiger partial charge in [0.1, 0.15) is 0 Å². The summed E-state index contributed by atoms with van der Waals surface area (Å²) in [5, 5.41) is 0. The van der Waals surface area contributed by atoms with Crippen LogP contribution in [-0.2, 0) is 15.8 Å². The molecule has 0 saturated carbocycles. The Balaban J connectivity index is 2.53. The SMILES string of the molecule is CC(CCl)CNS(=O)(=O)Cc1ccccc1. The van der Waals surface area contributed by atoms with Crippen molar-refractivity contribution >= 4 is 21.6 Å². The zero-order chi connectivity index (χ0) is 12.0. The van der Waals surface area contributed by atoms with E-state index in [1.807, 2.05) is 25.1 Å². The number of hydrogen-bond donors (Lipinski definition) is 1. The van der Waals surface area contributed by atoms with Crippen LogP contribution in [0.25, 0.3) is 0 Å². The van der Waals surface area contributed by atoms with Gasteiger partial charge in [-0.15, -0.1) is 11.6 Å². The van der Waals surface area contributed by atoms with Crippen LogP contribution in [0.15, 0.2) is 30.3 Å². The van der Waals surface area contributed by atoms with Crippen LogP contribution in [0.3, 0.4) is 0 Å². The largest absolute Gasteiger partial charge is 0.215 e. The Hall–Kier alpha value is -0.580. The summed E-state index contributed by atoms with van der Waals surface area (Å²) < 4.78 is 25.9. The molecule has 3 nitrogen and oxygen atoms in total. The Kier molecular flexibility index (Phi) is 5.25. The molecular formula is C11H16ClNO2S. The Morgan fingerprint density at radius 1 is 1.31 bits per heavy atom. The molecule has 1 aromatic carbocycles. The first-order valence-electron chi connectivity index (χ1n) is 5.11. The molecule has 16 heavy (non-hydrogen) atoms. The fourth-order valence-electron chi connectivity index (χ4n) is 1.17. The average molecular weight is 262 g/mol. The van der Waals surface area contributed by atoms with E-state index in [4.69, 9.17) is 11.6 Å². The zero-order valence-electron chi connectivity index (χ0n) is 9.19. The molecule has 1 N–H and O–H groups in total. The van der Waals surface area contributed by atoms with Gasteiger partial charge in [0.05, 0.1) is 5.75 Å². The number of benzene rings is 1. The quantitative estimate of drug-likeness (QED) is 0.796. The molecule has 0 radical (unpaired) electrons. The third-order valence-electron chi connectivity index (χ3n) is 2.11. The van der Waals surface area contributed by atoms with E-state index in [0.717, 1.165) is 5.56 Å². The molecule has 1 atom stereocenters. The van der Waals surface area contributed by atoms with Crippen molar-refractivity contribution < 1.29 is 8.42 Å². The number of hydrogen-bond acceptors (Lipinski definition) is 2. The minimum absolute atomic E-state index is 0.0167. The van der Waals surface area contributed by atoms with Crippen LogP contribution in [0.4, 0.5) is 0 Å². The first kappa shape index (κ1) is 13.5. The maximum Gasteiger partial charge on any atom is 0.215 e. The second kappa shape index (κ2) is 6.23. The number of rotatable bonds is 6. The van der Waals surface area contributed by atoms with E-state index in [-0.39, 0.29) is 11.7 Å². The van der Waals surface area contributed by atoms with Gasteiger partial charge in [0.15, 0.2) is 0 Å². The zero-order valence-corrected chi connectivity index (χ0v) is 10.8. The van der Waals surface area contributed by atoms with Gasteiger partial charge in [0.25, 0.3) is 0 Å². The lowest BCUT2D eigenvalue weighted by atomic mass is 10.2. The molecule has 0 aliphatic heterocycles. The van der Waals surface area contributed by atoms with Crippen molar-refractivity contribution in [2.45, 2.75) is 12.7 Å². The fraction of sp³-hybridized carbons (Fsp3) is 0.455. The molecule has 0 amide bonds. The Bertz CT molecular complexity index is 405. The lowest BCUT2D eigenvalue weighted by molar-refractivity contribution is 0.561. The molecule has 1 aromatic rings. The molecule has 90 valence electrons. The van der Waals surface area contributed by atoms with Gasteiger partial charge < -0.3 is 0 Å². The average Bonchev–Trinajstić information content (AvgIpc) is 2.27. The van der Waals surface area contributed by atoms with Crippen LogP contribution in [0.5, 0.6) is 0 Å². The molecule has 0 heterocycles. The van der Waals surface area contributed by atoms with Crippen LogP contribution in [0.1, 0.15) is 12.5 Å². The van der Waals surface area contributed by atoms with Crippen molar-refractivity contribution in [3.63, 3.8) is 0 Å². The smallest absolute Gasteiger partial charge is 0.215 e. The first-order valence-corrected chi connectivity index (χ1v) is 7.29. The first-order chi connectivity index (χ1) is 7.53. The van der Waals surface area contributed by atoms with E-state index >= 15 is 0 Å². The fourth-order valence-corrected chi connectivity index (χ4v) is 2.55. The summed E-state index contributed by atoms with van der Waals surface area (Å²) in [5.41, 5.74) is 0.786. The van der Waals surface area contributed by atoms with Gasteiger partial charge in [-0.3, -0.25) is 0 Å². The highest BCUT2D eigenvalue weighted by molar-refractivity contribution is 7.88. The van der Waals surface area contributed by atoms with Gasteiger partial charge >= 0.3 is 0 Å². The molecule has 0 aromatic heterocycles. The number of alkyl halides is 1. The van der Waals surface area contributed by atoms with Crippen LogP contribution in [0, 0.1) is 5.92 Å². The predicted octanol–water partition coefficient (Wildman–Crippen LogP) is 1.98. The van der Waals surface area contributed by atoms with Gasteiger partial charge in [0, 0.05) is 12.4 Å². The normalized spacial score (nSPS) is 13.6. The molecule has 0 aliphatic rings. The summed E-state index contributed by atoms with van der Waals surface area (Å²) in [4.78, 5) is 0. The highest BCUT2D eigenvalue weighted by atomic mass is 35.5. The van der Waals surface area contributed by atoms with Crippen molar-refractivity contribution in [3.8, 4) is 0 Å². The van der Waals surface area contributed by atoms with Gasteiger partial charge in [-0.1, -0.05) is 37.3 Å². The molecule has 0 saturated heterocycles. The van der Waals surface area contributed by atoms with Gasteiger partial charge in [-0.25, -0.2) is 13.1 Å². The third-order valence-corrected chi connectivity index (χ3v) is 3.96. The monoisotopic (exact) mass is 261 g/mol. The third kappa shape index (κ3) is 4.96. The number of sulfonamides is 1. The van der Waals surface area contributed by atoms with Gasteiger partial charge in [-0.2, -0.15) is 0 Å². The maximum atomic E-state index is 11.7.